The SMILES string of the molecule is NC(=O)Nc1ccc(OC(F)(F)C(F)F)cc1F. The van der Waals surface area contributed by atoms with Gasteiger partial charge in [-0.15, -0.1) is 0 Å². The fourth-order valence-corrected chi connectivity index (χ4v) is 0.995. The maximum absolute atomic E-state index is 13.2. The third-order valence-electron chi connectivity index (χ3n) is 1.71. The summed E-state index contributed by atoms with van der Waals surface area (Å²) in [5, 5.41) is 1.86. The summed E-state index contributed by atoms with van der Waals surface area (Å²) in [5.41, 5.74) is 4.31. The molecule has 1 aromatic rings. The number of carbonyl (C=O) groups excluding carboxylic acids is 1. The van der Waals surface area contributed by atoms with E-state index in [1.165, 1.54) is 0 Å². The molecule has 1 rings (SSSR count). The van der Waals surface area contributed by atoms with Crippen molar-refractivity contribution in [1.82, 2.24) is 0 Å². The summed E-state index contributed by atoms with van der Waals surface area (Å²) in [7, 11) is 0. The van der Waals surface area contributed by atoms with Crippen LogP contribution < -0.4 is 15.8 Å². The molecule has 0 aliphatic heterocycles. The Morgan fingerprint density at radius 1 is 1.39 bits per heavy atom. The van der Waals surface area contributed by atoms with Gasteiger partial charge in [0.05, 0.1) is 5.69 Å². The van der Waals surface area contributed by atoms with E-state index in [4.69, 9.17) is 5.73 Å². The van der Waals surface area contributed by atoms with E-state index in [1.807, 2.05) is 5.32 Å². The van der Waals surface area contributed by atoms with Crippen molar-refractivity contribution in [3.63, 3.8) is 0 Å². The maximum Gasteiger partial charge on any atom is 0.461 e. The molecule has 0 aromatic heterocycles. The Kier molecular flexibility index (Phi) is 3.94. The van der Waals surface area contributed by atoms with E-state index >= 15 is 0 Å². The number of nitrogens with two attached hydrogens (primary N) is 1. The molecule has 1 aromatic carbocycles. The van der Waals surface area contributed by atoms with E-state index in [-0.39, 0.29) is 0 Å². The quantitative estimate of drug-likeness (QED) is 0.826. The summed E-state index contributed by atoms with van der Waals surface area (Å²) in [5.74, 6) is -1.97. The van der Waals surface area contributed by atoms with Gasteiger partial charge in [-0.25, -0.2) is 9.18 Å². The molecule has 0 fully saturated rings. The van der Waals surface area contributed by atoms with Crippen molar-refractivity contribution in [3.05, 3.63) is 24.0 Å². The molecule has 0 saturated carbocycles. The normalized spacial score (nSPS) is 11.4. The number of amides is 2. The number of alkyl halides is 4. The average molecular weight is 270 g/mol. The largest absolute Gasteiger partial charge is 0.461 e. The number of hydrogen-bond donors (Lipinski definition) is 2. The highest BCUT2D eigenvalue weighted by molar-refractivity contribution is 5.87. The van der Waals surface area contributed by atoms with Gasteiger partial charge in [-0.1, -0.05) is 0 Å². The van der Waals surface area contributed by atoms with Crippen LogP contribution >= 0.6 is 0 Å². The second kappa shape index (κ2) is 5.07. The van der Waals surface area contributed by atoms with Crippen LogP contribution in [0.15, 0.2) is 18.2 Å². The van der Waals surface area contributed by atoms with Crippen LogP contribution in [-0.2, 0) is 0 Å². The second-order valence-electron chi connectivity index (χ2n) is 3.10. The lowest BCUT2D eigenvalue weighted by Crippen LogP contribution is -2.33. The highest BCUT2D eigenvalue weighted by atomic mass is 19.3. The molecule has 0 saturated heterocycles. The van der Waals surface area contributed by atoms with Crippen LogP contribution in [0.4, 0.5) is 32.4 Å². The molecule has 0 aliphatic carbocycles. The van der Waals surface area contributed by atoms with Gasteiger partial charge in [0.15, 0.2) is 0 Å². The third-order valence-corrected chi connectivity index (χ3v) is 1.71. The maximum atomic E-state index is 13.2. The molecule has 0 unspecified atom stereocenters. The molecular weight excluding hydrogens is 263 g/mol. The molecule has 3 N–H and O–H groups in total. The topological polar surface area (TPSA) is 64.4 Å². The van der Waals surface area contributed by atoms with E-state index < -0.39 is 35.8 Å². The van der Waals surface area contributed by atoms with Crippen LogP contribution in [-0.4, -0.2) is 18.6 Å². The lowest BCUT2D eigenvalue weighted by atomic mass is 10.3. The number of anilines is 1. The number of benzene rings is 1. The average Bonchev–Trinajstić information content (AvgIpc) is 2.21. The molecule has 0 aliphatic rings. The molecule has 100 valence electrons. The number of ether oxygens (including phenoxy) is 1. The van der Waals surface area contributed by atoms with Crippen molar-refractivity contribution in [3.8, 4) is 5.75 Å². The molecule has 9 heteroatoms. The van der Waals surface area contributed by atoms with Gasteiger partial charge in [0.1, 0.15) is 11.6 Å². The molecular formula is C9H7F5N2O2. The van der Waals surface area contributed by atoms with Gasteiger partial charge >= 0.3 is 18.6 Å². The van der Waals surface area contributed by atoms with Crippen LogP contribution in [0.3, 0.4) is 0 Å². The number of halogens is 5. The highest BCUT2D eigenvalue weighted by Crippen LogP contribution is 2.29. The molecule has 18 heavy (non-hydrogen) atoms. The number of urea groups is 1. The number of hydrogen-bond acceptors (Lipinski definition) is 2. The number of carbonyl (C=O) groups is 1. The Morgan fingerprint density at radius 2 is 2.00 bits per heavy atom. The molecule has 0 atom stereocenters. The third kappa shape index (κ3) is 3.47. The molecule has 0 radical (unpaired) electrons. The summed E-state index contributed by atoms with van der Waals surface area (Å²) in [6.45, 7) is 0. The van der Waals surface area contributed by atoms with Crippen LogP contribution in [0.2, 0.25) is 0 Å². The van der Waals surface area contributed by atoms with Crippen molar-refractivity contribution in [2.45, 2.75) is 12.5 Å². The Morgan fingerprint density at radius 3 is 2.44 bits per heavy atom. The minimum atomic E-state index is -4.73. The minimum Gasteiger partial charge on any atom is -0.428 e. The standard InChI is InChI=1S/C9H7F5N2O2/c10-5-3-4(18-9(13,14)7(11)12)1-2-6(5)16-8(15)17/h1-3,7H,(H3,15,16,17). The molecule has 0 spiro atoms. The number of nitrogens with one attached hydrogen (secondary N) is 1. The molecule has 0 heterocycles. The van der Waals surface area contributed by atoms with Gasteiger partial charge in [-0.2, -0.15) is 17.6 Å². The Balaban J connectivity index is 2.88. The van der Waals surface area contributed by atoms with Crippen molar-refractivity contribution >= 4 is 11.7 Å². The van der Waals surface area contributed by atoms with E-state index in [1.54, 1.807) is 0 Å². The summed E-state index contributed by atoms with van der Waals surface area (Å²) in [4.78, 5) is 10.4. The van der Waals surface area contributed by atoms with Crippen molar-refractivity contribution in [1.29, 1.82) is 0 Å². The van der Waals surface area contributed by atoms with E-state index in [9.17, 15) is 26.7 Å². The summed E-state index contributed by atoms with van der Waals surface area (Å²) in [6, 6.07) is 0.976. The van der Waals surface area contributed by atoms with Gasteiger partial charge in [0, 0.05) is 6.07 Å². The lowest BCUT2D eigenvalue weighted by Gasteiger charge is -2.17. The van der Waals surface area contributed by atoms with Gasteiger partial charge in [0.2, 0.25) is 0 Å². The van der Waals surface area contributed by atoms with Crippen LogP contribution in [0, 0.1) is 5.82 Å². The Labute approximate surface area is 97.5 Å². The lowest BCUT2D eigenvalue weighted by molar-refractivity contribution is -0.253. The Bertz CT molecular complexity index is 453. The molecule has 2 amide bonds. The summed E-state index contributed by atoms with van der Waals surface area (Å²) < 4.78 is 65.4. The zero-order valence-corrected chi connectivity index (χ0v) is 8.59. The van der Waals surface area contributed by atoms with Crippen molar-refractivity contribution < 1.29 is 31.5 Å². The van der Waals surface area contributed by atoms with E-state index in [2.05, 4.69) is 4.74 Å². The van der Waals surface area contributed by atoms with E-state index in [0.29, 0.717) is 6.07 Å². The first-order valence-corrected chi connectivity index (χ1v) is 4.43. The smallest absolute Gasteiger partial charge is 0.428 e. The highest BCUT2D eigenvalue weighted by Gasteiger charge is 2.44. The summed E-state index contributed by atoms with van der Waals surface area (Å²) in [6.07, 6.45) is -8.78. The first-order chi connectivity index (χ1) is 8.22. The molecule has 4 nitrogen and oxygen atoms in total. The second-order valence-corrected chi connectivity index (χ2v) is 3.10. The molecule has 0 bridgehead atoms. The van der Waals surface area contributed by atoms with Gasteiger partial charge in [-0.3, -0.25) is 0 Å². The number of primary amides is 1. The van der Waals surface area contributed by atoms with Gasteiger partial charge in [-0.05, 0) is 12.1 Å². The predicted octanol–water partition coefficient (Wildman–Crippen LogP) is 2.55. The first-order valence-electron chi connectivity index (χ1n) is 4.43. The fourth-order valence-electron chi connectivity index (χ4n) is 0.995. The van der Waals surface area contributed by atoms with Crippen LogP contribution in [0.5, 0.6) is 5.75 Å². The van der Waals surface area contributed by atoms with Crippen molar-refractivity contribution in [2.24, 2.45) is 5.73 Å². The fraction of sp³-hybridized carbons (Fsp3) is 0.222. The summed E-state index contributed by atoms with van der Waals surface area (Å²) >= 11 is 0. The zero-order chi connectivity index (χ0) is 13.9. The van der Waals surface area contributed by atoms with Gasteiger partial charge in [0.25, 0.3) is 0 Å². The minimum absolute atomic E-state index is 0.393. The number of rotatable bonds is 4. The van der Waals surface area contributed by atoms with E-state index in [0.717, 1.165) is 12.1 Å². The van der Waals surface area contributed by atoms with Crippen molar-refractivity contribution in [2.75, 3.05) is 5.32 Å². The first kappa shape index (κ1) is 14.0. The Hall–Kier alpha value is -2.06. The van der Waals surface area contributed by atoms with Crippen LogP contribution in [0.1, 0.15) is 0 Å². The van der Waals surface area contributed by atoms with Gasteiger partial charge < -0.3 is 15.8 Å². The predicted molar refractivity (Wildman–Crippen MR) is 51.2 cm³/mol. The van der Waals surface area contributed by atoms with Crippen LogP contribution in [0.25, 0.3) is 0 Å². The zero-order valence-electron chi connectivity index (χ0n) is 8.59. The monoisotopic (exact) mass is 270 g/mol.